The molecule has 1 N–H and O–H groups in total. The largest absolute Gasteiger partial charge is 0.385 e. The van der Waals surface area contributed by atoms with E-state index in [0.717, 1.165) is 18.7 Å². The summed E-state index contributed by atoms with van der Waals surface area (Å²) in [7, 11) is 0. The van der Waals surface area contributed by atoms with Crippen LogP contribution in [0, 0.1) is 6.92 Å². The lowest BCUT2D eigenvalue weighted by atomic mass is 10.2. The summed E-state index contributed by atoms with van der Waals surface area (Å²) in [5.74, 6) is 2.29. The Hall–Kier alpha value is -1.00. The van der Waals surface area contributed by atoms with Gasteiger partial charge in [0.25, 0.3) is 0 Å². The predicted molar refractivity (Wildman–Crippen MR) is 91.9 cm³/mol. The average molecular weight is 306 g/mol. The molecule has 0 amide bonds. The van der Waals surface area contributed by atoms with Crippen LogP contribution in [-0.2, 0) is 12.2 Å². The van der Waals surface area contributed by atoms with Gasteiger partial charge in [0.15, 0.2) is 0 Å². The molecule has 20 heavy (non-hydrogen) atoms. The molecule has 2 nitrogen and oxygen atoms in total. The molecule has 0 saturated carbocycles. The molecule has 0 saturated heterocycles. The van der Waals surface area contributed by atoms with Crippen molar-refractivity contribution in [1.82, 2.24) is 4.98 Å². The van der Waals surface area contributed by atoms with Crippen molar-refractivity contribution in [1.29, 1.82) is 0 Å². The number of anilines is 1. The number of benzene rings is 1. The maximum atomic E-state index is 4.69. The maximum absolute atomic E-state index is 4.69. The zero-order valence-corrected chi connectivity index (χ0v) is 13.8. The Morgan fingerprint density at radius 1 is 1.25 bits per heavy atom. The standard InChI is InChI=1S/C16H22N2S2/c1-3-10-19-12-16-18-15(11-20-16)8-9-17-14-6-4-13(2)5-7-14/h4-7,11,17H,3,8-10,12H2,1-2H3. The molecule has 0 aliphatic heterocycles. The summed E-state index contributed by atoms with van der Waals surface area (Å²) in [5, 5.41) is 6.89. The number of nitrogens with zero attached hydrogens (tertiary/aromatic N) is 1. The van der Waals surface area contributed by atoms with Crippen molar-refractivity contribution < 1.29 is 0 Å². The Kier molecular flexibility index (Phi) is 6.40. The molecule has 2 rings (SSSR count). The first-order chi connectivity index (χ1) is 9.78. The van der Waals surface area contributed by atoms with E-state index in [1.165, 1.54) is 34.1 Å². The molecule has 0 aliphatic rings. The summed E-state index contributed by atoms with van der Waals surface area (Å²) in [4.78, 5) is 4.69. The smallest absolute Gasteiger partial charge is 0.103 e. The van der Waals surface area contributed by atoms with Gasteiger partial charge >= 0.3 is 0 Å². The average Bonchev–Trinajstić information content (AvgIpc) is 2.89. The number of hydrogen-bond donors (Lipinski definition) is 1. The maximum Gasteiger partial charge on any atom is 0.103 e. The van der Waals surface area contributed by atoms with E-state index in [4.69, 9.17) is 0 Å². The van der Waals surface area contributed by atoms with E-state index < -0.39 is 0 Å². The Labute approximate surface area is 130 Å². The first-order valence-electron chi connectivity index (χ1n) is 7.09. The number of nitrogens with one attached hydrogen (secondary N) is 1. The first-order valence-corrected chi connectivity index (χ1v) is 9.13. The minimum absolute atomic E-state index is 0.939. The van der Waals surface area contributed by atoms with E-state index in [1.807, 2.05) is 11.8 Å². The Morgan fingerprint density at radius 3 is 2.80 bits per heavy atom. The molecule has 0 bridgehead atoms. The van der Waals surface area contributed by atoms with E-state index in [9.17, 15) is 0 Å². The van der Waals surface area contributed by atoms with Gasteiger partial charge in [-0.2, -0.15) is 11.8 Å². The Morgan fingerprint density at radius 2 is 2.05 bits per heavy atom. The van der Waals surface area contributed by atoms with Gasteiger partial charge in [0.05, 0.1) is 5.69 Å². The molecule has 0 radical (unpaired) electrons. The molecular formula is C16H22N2S2. The zero-order chi connectivity index (χ0) is 14.2. The van der Waals surface area contributed by atoms with Gasteiger partial charge in [-0.05, 0) is 31.2 Å². The highest BCUT2D eigenvalue weighted by Crippen LogP contribution is 2.18. The van der Waals surface area contributed by atoms with E-state index in [1.54, 1.807) is 11.3 Å². The Bertz CT molecular complexity index is 505. The predicted octanol–water partition coefficient (Wildman–Crippen LogP) is 4.75. The molecule has 4 heteroatoms. The highest BCUT2D eigenvalue weighted by atomic mass is 32.2. The van der Waals surface area contributed by atoms with Crippen LogP contribution in [0.1, 0.15) is 29.6 Å². The lowest BCUT2D eigenvalue weighted by Crippen LogP contribution is -2.05. The van der Waals surface area contributed by atoms with Gasteiger partial charge in [0, 0.05) is 29.8 Å². The summed E-state index contributed by atoms with van der Waals surface area (Å²) in [6.45, 7) is 5.27. The number of thiazole rings is 1. The van der Waals surface area contributed by atoms with Crippen molar-refractivity contribution in [3.05, 3.63) is 45.9 Å². The van der Waals surface area contributed by atoms with Gasteiger partial charge < -0.3 is 5.32 Å². The number of hydrogen-bond acceptors (Lipinski definition) is 4. The first kappa shape index (κ1) is 15.4. The van der Waals surface area contributed by atoms with E-state index >= 15 is 0 Å². The van der Waals surface area contributed by atoms with Crippen LogP contribution in [0.3, 0.4) is 0 Å². The third kappa shape index (κ3) is 5.17. The summed E-state index contributed by atoms with van der Waals surface area (Å²) < 4.78 is 0. The fourth-order valence-electron chi connectivity index (χ4n) is 1.84. The third-order valence-corrected chi connectivity index (χ3v) is 5.19. The second-order valence-corrected chi connectivity index (χ2v) is 6.88. The second kappa shape index (κ2) is 8.32. The quantitative estimate of drug-likeness (QED) is 0.712. The van der Waals surface area contributed by atoms with Gasteiger partial charge in [-0.1, -0.05) is 24.6 Å². The van der Waals surface area contributed by atoms with Crippen molar-refractivity contribution >= 4 is 28.8 Å². The van der Waals surface area contributed by atoms with Gasteiger partial charge in [-0.3, -0.25) is 0 Å². The topological polar surface area (TPSA) is 24.9 Å². The van der Waals surface area contributed by atoms with E-state index in [-0.39, 0.29) is 0 Å². The van der Waals surface area contributed by atoms with Crippen LogP contribution in [0.2, 0.25) is 0 Å². The van der Waals surface area contributed by atoms with Crippen LogP contribution in [0.5, 0.6) is 0 Å². The summed E-state index contributed by atoms with van der Waals surface area (Å²) in [6, 6.07) is 8.52. The molecule has 0 atom stereocenters. The number of thioether (sulfide) groups is 1. The third-order valence-electron chi connectivity index (χ3n) is 2.94. The van der Waals surface area contributed by atoms with Crippen LogP contribution in [0.25, 0.3) is 0 Å². The van der Waals surface area contributed by atoms with Crippen molar-refractivity contribution in [3.8, 4) is 0 Å². The molecule has 0 spiro atoms. The van der Waals surface area contributed by atoms with Crippen molar-refractivity contribution in [2.24, 2.45) is 0 Å². The lowest BCUT2D eigenvalue weighted by molar-refractivity contribution is 0.966. The minimum atomic E-state index is 0.939. The fraction of sp³-hybridized carbons (Fsp3) is 0.438. The number of aryl methyl sites for hydroxylation is 1. The highest BCUT2D eigenvalue weighted by molar-refractivity contribution is 7.98. The molecule has 0 aliphatic carbocycles. The normalized spacial score (nSPS) is 10.7. The number of rotatable bonds is 8. The summed E-state index contributed by atoms with van der Waals surface area (Å²) in [5.41, 5.74) is 3.69. The van der Waals surface area contributed by atoms with Crippen LogP contribution in [-0.4, -0.2) is 17.3 Å². The van der Waals surface area contributed by atoms with E-state index in [0.29, 0.717) is 0 Å². The molecule has 108 valence electrons. The zero-order valence-electron chi connectivity index (χ0n) is 12.2. The molecule has 0 fully saturated rings. The fourth-order valence-corrected chi connectivity index (χ4v) is 3.65. The van der Waals surface area contributed by atoms with Gasteiger partial charge in [-0.25, -0.2) is 4.98 Å². The van der Waals surface area contributed by atoms with Crippen LogP contribution < -0.4 is 5.32 Å². The number of aromatic nitrogens is 1. The second-order valence-electron chi connectivity index (χ2n) is 4.83. The van der Waals surface area contributed by atoms with Gasteiger partial charge in [0.2, 0.25) is 0 Å². The molecule has 0 unspecified atom stereocenters. The lowest BCUT2D eigenvalue weighted by Gasteiger charge is -2.05. The van der Waals surface area contributed by atoms with E-state index in [2.05, 4.69) is 53.8 Å². The summed E-state index contributed by atoms with van der Waals surface area (Å²) in [6.07, 6.45) is 2.23. The van der Waals surface area contributed by atoms with Gasteiger partial charge in [-0.15, -0.1) is 11.3 Å². The van der Waals surface area contributed by atoms with Gasteiger partial charge in [0.1, 0.15) is 5.01 Å². The SMILES string of the molecule is CCCSCc1nc(CCNc2ccc(C)cc2)cs1. The highest BCUT2D eigenvalue weighted by Gasteiger charge is 2.02. The van der Waals surface area contributed by atoms with Crippen LogP contribution in [0.4, 0.5) is 5.69 Å². The molecular weight excluding hydrogens is 284 g/mol. The molecule has 1 heterocycles. The molecule has 2 aromatic rings. The minimum Gasteiger partial charge on any atom is -0.385 e. The molecule has 1 aromatic heterocycles. The Balaban J connectivity index is 1.72. The summed E-state index contributed by atoms with van der Waals surface area (Å²) >= 11 is 3.76. The van der Waals surface area contributed by atoms with Crippen molar-refractivity contribution in [2.45, 2.75) is 32.4 Å². The monoisotopic (exact) mass is 306 g/mol. The van der Waals surface area contributed by atoms with Crippen molar-refractivity contribution in [3.63, 3.8) is 0 Å². The van der Waals surface area contributed by atoms with Crippen LogP contribution >= 0.6 is 23.1 Å². The van der Waals surface area contributed by atoms with Crippen molar-refractivity contribution in [2.75, 3.05) is 17.6 Å². The van der Waals surface area contributed by atoms with Crippen LogP contribution in [0.15, 0.2) is 29.6 Å². The molecule has 1 aromatic carbocycles.